The highest BCUT2D eigenvalue weighted by Crippen LogP contribution is 2.33. The molecule has 2 saturated heterocycles. The third-order valence-electron chi connectivity index (χ3n) is 5.85. The van der Waals surface area contributed by atoms with E-state index in [1.54, 1.807) is 6.20 Å². The summed E-state index contributed by atoms with van der Waals surface area (Å²) in [7, 11) is 0. The van der Waals surface area contributed by atoms with Crippen molar-refractivity contribution in [2.24, 2.45) is 11.8 Å². The lowest BCUT2D eigenvalue weighted by molar-refractivity contribution is -0.132. The standard InChI is InChI=1S/C22H25N3O2/c26-21-13-19-8-12-25(22(27)18-6-2-1-3-7-18)16-20(19)9-11-24(21)15-17-5-4-10-23-14-17/h1-7,10,14,19-20H,8-9,11-13,15-16H2/t19-,20+/m1/s1. The summed E-state index contributed by atoms with van der Waals surface area (Å²) in [6.45, 7) is 2.87. The minimum Gasteiger partial charge on any atom is -0.338 e. The fourth-order valence-electron chi connectivity index (χ4n) is 4.30. The van der Waals surface area contributed by atoms with Gasteiger partial charge in [0.05, 0.1) is 0 Å². The Balaban J connectivity index is 1.41. The van der Waals surface area contributed by atoms with Crippen LogP contribution in [0.1, 0.15) is 35.2 Å². The molecule has 0 aliphatic carbocycles. The van der Waals surface area contributed by atoms with Crippen LogP contribution in [0.3, 0.4) is 0 Å². The third-order valence-corrected chi connectivity index (χ3v) is 5.85. The second kappa shape index (κ2) is 7.91. The Morgan fingerprint density at radius 3 is 2.63 bits per heavy atom. The Bertz CT molecular complexity index is 794. The van der Waals surface area contributed by atoms with Crippen LogP contribution < -0.4 is 0 Å². The maximum absolute atomic E-state index is 12.8. The average molecular weight is 363 g/mol. The summed E-state index contributed by atoms with van der Waals surface area (Å²) in [6.07, 6.45) is 6.04. The lowest BCUT2D eigenvalue weighted by Crippen LogP contribution is -2.43. The van der Waals surface area contributed by atoms with Crippen LogP contribution in [-0.2, 0) is 11.3 Å². The first-order valence-electron chi connectivity index (χ1n) is 9.71. The van der Waals surface area contributed by atoms with E-state index in [-0.39, 0.29) is 11.8 Å². The number of hydrogen-bond donors (Lipinski definition) is 0. The lowest BCUT2D eigenvalue weighted by atomic mass is 9.82. The summed E-state index contributed by atoms with van der Waals surface area (Å²) in [5.41, 5.74) is 1.82. The number of pyridine rings is 1. The van der Waals surface area contributed by atoms with Crippen LogP contribution in [0, 0.1) is 11.8 Å². The molecule has 2 aliphatic rings. The van der Waals surface area contributed by atoms with Crippen molar-refractivity contribution >= 4 is 11.8 Å². The zero-order valence-electron chi connectivity index (χ0n) is 15.5. The molecule has 1 aromatic carbocycles. The Labute approximate surface area is 160 Å². The number of benzene rings is 1. The van der Waals surface area contributed by atoms with Crippen LogP contribution >= 0.6 is 0 Å². The predicted octanol–water partition coefficient (Wildman–Crippen LogP) is 2.98. The molecule has 3 heterocycles. The summed E-state index contributed by atoms with van der Waals surface area (Å²) in [5, 5.41) is 0. The van der Waals surface area contributed by atoms with Crippen LogP contribution in [0.25, 0.3) is 0 Å². The molecule has 1 aromatic heterocycles. The molecular formula is C22H25N3O2. The van der Waals surface area contributed by atoms with Gasteiger partial charge in [0.25, 0.3) is 5.91 Å². The molecule has 0 N–H and O–H groups in total. The highest BCUT2D eigenvalue weighted by atomic mass is 16.2. The van der Waals surface area contributed by atoms with Crippen LogP contribution in [0.5, 0.6) is 0 Å². The quantitative estimate of drug-likeness (QED) is 0.842. The van der Waals surface area contributed by atoms with E-state index < -0.39 is 0 Å². The Hall–Kier alpha value is -2.69. The largest absolute Gasteiger partial charge is 0.338 e. The van der Waals surface area contributed by atoms with Crippen molar-refractivity contribution < 1.29 is 9.59 Å². The van der Waals surface area contributed by atoms with Gasteiger partial charge in [0, 0.05) is 50.6 Å². The van der Waals surface area contributed by atoms with E-state index in [1.165, 1.54) is 0 Å². The van der Waals surface area contributed by atoms with Gasteiger partial charge in [0.1, 0.15) is 0 Å². The van der Waals surface area contributed by atoms with Gasteiger partial charge in [-0.2, -0.15) is 0 Å². The van der Waals surface area contributed by atoms with Crippen molar-refractivity contribution in [1.82, 2.24) is 14.8 Å². The molecule has 2 aliphatic heterocycles. The van der Waals surface area contributed by atoms with E-state index in [0.29, 0.717) is 24.8 Å². The van der Waals surface area contributed by atoms with E-state index >= 15 is 0 Å². The molecular weight excluding hydrogens is 338 g/mol. The number of likely N-dealkylation sites (tertiary alicyclic amines) is 2. The molecule has 5 nitrogen and oxygen atoms in total. The monoisotopic (exact) mass is 363 g/mol. The van der Waals surface area contributed by atoms with Gasteiger partial charge in [-0.05, 0) is 48.4 Å². The zero-order valence-corrected chi connectivity index (χ0v) is 15.5. The molecule has 2 fully saturated rings. The molecule has 4 rings (SSSR count). The number of piperidine rings is 1. The molecule has 0 saturated carbocycles. The molecule has 0 radical (unpaired) electrons. The van der Waals surface area contributed by atoms with Crippen molar-refractivity contribution in [2.75, 3.05) is 19.6 Å². The van der Waals surface area contributed by atoms with E-state index in [2.05, 4.69) is 4.98 Å². The van der Waals surface area contributed by atoms with Crippen molar-refractivity contribution in [3.05, 3.63) is 66.0 Å². The summed E-state index contributed by atoms with van der Waals surface area (Å²) in [6, 6.07) is 13.4. The van der Waals surface area contributed by atoms with Gasteiger partial charge in [0.15, 0.2) is 0 Å². The first kappa shape index (κ1) is 17.7. The molecule has 2 amide bonds. The maximum Gasteiger partial charge on any atom is 0.253 e. The smallest absolute Gasteiger partial charge is 0.253 e. The molecule has 0 unspecified atom stereocenters. The minimum absolute atomic E-state index is 0.108. The first-order valence-corrected chi connectivity index (χ1v) is 9.71. The number of nitrogens with zero attached hydrogens (tertiary/aromatic N) is 3. The van der Waals surface area contributed by atoms with Gasteiger partial charge >= 0.3 is 0 Å². The van der Waals surface area contributed by atoms with Gasteiger partial charge in [-0.1, -0.05) is 24.3 Å². The number of amides is 2. The second-order valence-corrected chi connectivity index (χ2v) is 7.60. The van der Waals surface area contributed by atoms with Crippen molar-refractivity contribution in [2.45, 2.75) is 25.8 Å². The number of carbonyl (C=O) groups excluding carboxylic acids is 2. The van der Waals surface area contributed by atoms with Crippen molar-refractivity contribution in [1.29, 1.82) is 0 Å². The van der Waals surface area contributed by atoms with Crippen molar-refractivity contribution in [3.63, 3.8) is 0 Å². The van der Waals surface area contributed by atoms with Gasteiger partial charge in [-0.3, -0.25) is 14.6 Å². The van der Waals surface area contributed by atoms with Crippen LogP contribution in [0.15, 0.2) is 54.9 Å². The van der Waals surface area contributed by atoms with Crippen LogP contribution in [0.2, 0.25) is 0 Å². The summed E-state index contributed by atoms with van der Waals surface area (Å²) >= 11 is 0. The van der Waals surface area contributed by atoms with Gasteiger partial charge in [-0.25, -0.2) is 0 Å². The number of carbonyl (C=O) groups is 2. The molecule has 2 atom stereocenters. The fourth-order valence-corrected chi connectivity index (χ4v) is 4.30. The fraction of sp³-hybridized carbons (Fsp3) is 0.409. The molecule has 140 valence electrons. The van der Waals surface area contributed by atoms with E-state index in [0.717, 1.165) is 43.6 Å². The summed E-state index contributed by atoms with van der Waals surface area (Å²) in [4.78, 5) is 33.6. The Morgan fingerprint density at radius 2 is 1.85 bits per heavy atom. The zero-order chi connectivity index (χ0) is 18.6. The normalized spacial score (nSPS) is 22.9. The van der Waals surface area contributed by atoms with E-state index in [9.17, 15) is 9.59 Å². The number of fused-ring (bicyclic) bond motifs is 1. The highest BCUT2D eigenvalue weighted by molar-refractivity contribution is 5.94. The first-order chi connectivity index (χ1) is 13.2. The average Bonchev–Trinajstić information content (AvgIpc) is 2.87. The maximum atomic E-state index is 12.8. The molecule has 5 heteroatoms. The SMILES string of the molecule is O=C1C[C@H]2CCN(C(=O)c3ccccc3)C[C@@H]2CCN1Cc1cccnc1. The van der Waals surface area contributed by atoms with Gasteiger partial charge in [-0.15, -0.1) is 0 Å². The number of aromatic nitrogens is 1. The van der Waals surface area contributed by atoms with Gasteiger partial charge in [0.2, 0.25) is 5.91 Å². The lowest BCUT2D eigenvalue weighted by Gasteiger charge is -2.37. The molecule has 27 heavy (non-hydrogen) atoms. The number of rotatable bonds is 3. The van der Waals surface area contributed by atoms with E-state index in [1.807, 2.05) is 58.5 Å². The number of hydrogen-bond acceptors (Lipinski definition) is 3. The van der Waals surface area contributed by atoms with Crippen molar-refractivity contribution in [3.8, 4) is 0 Å². The molecule has 0 spiro atoms. The molecule has 2 aromatic rings. The predicted molar refractivity (Wildman–Crippen MR) is 103 cm³/mol. The Morgan fingerprint density at radius 1 is 1.04 bits per heavy atom. The van der Waals surface area contributed by atoms with Gasteiger partial charge < -0.3 is 9.80 Å². The summed E-state index contributed by atoms with van der Waals surface area (Å²) < 4.78 is 0. The second-order valence-electron chi connectivity index (χ2n) is 7.60. The highest BCUT2D eigenvalue weighted by Gasteiger charge is 2.36. The van der Waals surface area contributed by atoms with Crippen LogP contribution in [-0.4, -0.2) is 46.2 Å². The molecule has 0 bridgehead atoms. The van der Waals surface area contributed by atoms with E-state index in [4.69, 9.17) is 0 Å². The Kier molecular flexibility index (Phi) is 5.19. The topological polar surface area (TPSA) is 53.5 Å². The van der Waals surface area contributed by atoms with Crippen LogP contribution in [0.4, 0.5) is 0 Å². The third kappa shape index (κ3) is 4.02. The summed E-state index contributed by atoms with van der Waals surface area (Å²) in [5.74, 6) is 1.12. The minimum atomic E-state index is 0.108.